The molecule has 0 radical (unpaired) electrons. The molecule has 1 amide bonds. The number of hydrogen-bond donors (Lipinski definition) is 3. The van der Waals surface area contributed by atoms with Gasteiger partial charge in [-0.05, 0) is 56.6 Å². The molecule has 0 bridgehead atoms. The molecule has 1 aromatic carbocycles. The van der Waals surface area contributed by atoms with Crippen molar-refractivity contribution < 1.29 is 9.53 Å². The Labute approximate surface area is 168 Å². The summed E-state index contributed by atoms with van der Waals surface area (Å²) in [6, 6.07) is 7.66. The Bertz CT molecular complexity index is 595. The highest BCUT2D eigenvalue weighted by atomic mass is 16.5. The number of carbonyl (C=O) groups excluding carboxylic acids is 1. The fraction of sp³-hybridized carbons (Fsp3) is 0.619. The summed E-state index contributed by atoms with van der Waals surface area (Å²) in [6.45, 7) is 5.10. The van der Waals surface area contributed by atoms with Crippen LogP contribution in [0.2, 0.25) is 0 Å². The first-order chi connectivity index (χ1) is 13.7. The third kappa shape index (κ3) is 8.61. The molecule has 1 aliphatic heterocycles. The number of hydrogen-bond acceptors (Lipinski definition) is 4. The lowest BCUT2D eigenvalue weighted by molar-refractivity contribution is -0.120. The monoisotopic (exact) mass is 389 g/mol. The number of aliphatic imine (C=N–C) groups is 1. The lowest BCUT2D eigenvalue weighted by Gasteiger charge is -2.20. The van der Waals surface area contributed by atoms with Gasteiger partial charge < -0.3 is 25.6 Å². The molecule has 1 saturated heterocycles. The van der Waals surface area contributed by atoms with E-state index in [0.29, 0.717) is 12.5 Å². The van der Waals surface area contributed by atoms with Crippen LogP contribution in [0.25, 0.3) is 0 Å². The average molecular weight is 390 g/mol. The molecular weight excluding hydrogens is 354 g/mol. The molecule has 1 aliphatic rings. The van der Waals surface area contributed by atoms with Gasteiger partial charge in [0, 0.05) is 20.1 Å². The number of nitrogens with zero attached hydrogens (tertiary/aromatic N) is 2. The molecule has 1 aromatic rings. The van der Waals surface area contributed by atoms with Crippen molar-refractivity contribution in [1.29, 1.82) is 0 Å². The van der Waals surface area contributed by atoms with E-state index in [1.54, 1.807) is 14.2 Å². The van der Waals surface area contributed by atoms with Gasteiger partial charge in [-0.1, -0.05) is 25.0 Å². The minimum absolute atomic E-state index is 0.0664. The van der Waals surface area contributed by atoms with E-state index in [1.807, 2.05) is 24.3 Å². The van der Waals surface area contributed by atoms with Crippen molar-refractivity contribution in [3.63, 3.8) is 0 Å². The van der Waals surface area contributed by atoms with Crippen molar-refractivity contribution in [2.24, 2.45) is 4.99 Å². The SMILES string of the molecule is CN=C(NCCCN1CCCCCC1)NCC(=O)NCc1ccc(OC)cc1. The molecule has 0 aromatic heterocycles. The van der Waals surface area contributed by atoms with E-state index in [0.717, 1.165) is 30.8 Å². The Morgan fingerprint density at radius 1 is 1.07 bits per heavy atom. The lowest BCUT2D eigenvalue weighted by Crippen LogP contribution is -2.43. The van der Waals surface area contributed by atoms with Crippen LogP contribution >= 0.6 is 0 Å². The molecule has 0 aliphatic carbocycles. The largest absolute Gasteiger partial charge is 0.497 e. The van der Waals surface area contributed by atoms with Gasteiger partial charge in [-0.15, -0.1) is 0 Å². The first-order valence-corrected chi connectivity index (χ1v) is 10.3. The van der Waals surface area contributed by atoms with E-state index < -0.39 is 0 Å². The Morgan fingerprint density at radius 2 is 1.79 bits per heavy atom. The number of carbonyl (C=O) groups is 1. The van der Waals surface area contributed by atoms with Gasteiger partial charge in [0.05, 0.1) is 13.7 Å². The maximum atomic E-state index is 12.0. The zero-order chi connectivity index (χ0) is 20.0. The highest BCUT2D eigenvalue weighted by molar-refractivity contribution is 5.86. The zero-order valence-corrected chi connectivity index (χ0v) is 17.3. The van der Waals surface area contributed by atoms with Crippen LogP contribution in [-0.4, -0.2) is 63.6 Å². The minimum Gasteiger partial charge on any atom is -0.497 e. The van der Waals surface area contributed by atoms with Gasteiger partial charge in [-0.2, -0.15) is 0 Å². The highest BCUT2D eigenvalue weighted by Gasteiger charge is 2.08. The molecule has 0 atom stereocenters. The predicted molar refractivity (Wildman–Crippen MR) is 114 cm³/mol. The van der Waals surface area contributed by atoms with Crippen molar-refractivity contribution in [2.75, 3.05) is 46.9 Å². The van der Waals surface area contributed by atoms with E-state index in [1.165, 1.54) is 38.8 Å². The summed E-state index contributed by atoms with van der Waals surface area (Å²) in [5.74, 6) is 1.40. The number of amides is 1. The molecule has 7 heteroatoms. The molecule has 2 rings (SSSR count). The molecule has 1 heterocycles. The van der Waals surface area contributed by atoms with Crippen LogP contribution in [0.15, 0.2) is 29.3 Å². The molecule has 156 valence electrons. The quantitative estimate of drug-likeness (QED) is 0.341. The summed E-state index contributed by atoms with van der Waals surface area (Å²) in [7, 11) is 3.36. The summed E-state index contributed by atoms with van der Waals surface area (Å²) in [4.78, 5) is 18.8. The number of rotatable bonds is 9. The second-order valence-corrected chi connectivity index (χ2v) is 7.09. The van der Waals surface area contributed by atoms with E-state index in [4.69, 9.17) is 4.74 Å². The first-order valence-electron chi connectivity index (χ1n) is 10.3. The van der Waals surface area contributed by atoms with Gasteiger partial charge in [0.2, 0.25) is 5.91 Å². The molecule has 1 fully saturated rings. The van der Waals surface area contributed by atoms with Gasteiger partial charge >= 0.3 is 0 Å². The van der Waals surface area contributed by atoms with E-state index >= 15 is 0 Å². The highest BCUT2D eigenvalue weighted by Crippen LogP contribution is 2.11. The Hall–Kier alpha value is -2.28. The van der Waals surface area contributed by atoms with Crippen LogP contribution in [0.4, 0.5) is 0 Å². The van der Waals surface area contributed by atoms with Crippen LogP contribution < -0.4 is 20.7 Å². The van der Waals surface area contributed by atoms with Gasteiger partial charge in [-0.25, -0.2) is 0 Å². The first kappa shape index (κ1) is 22.0. The van der Waals surface area contributed by atoms with Crippen molar-refractivity contribution in [3.05, 3.63) is 29.8 Å². The topological polar surface area (TPSA) is 78.0 Å². The predicted octanol–water partition coefficient (Wildman–Crippen LogP) is 1.74. The van der Waals surface area contributed by atoms with Crippen LogP contribution in [0, 0.1) is 0 Å². The maximum Gasteiger partial charge on any atom is 0.239 e. The van der Waals surface area contributed by atoms with E-state index in [2.05, 4.69) is 25.8 Å². The number of likely N-dealkylation sites (tertiary alicyclic amines) is 1. The molecule has 0 saturated carbocycles. The standard InChI is InChI=1S/C21H35N5O2/c1-22-21(23-12-7-15-26-13-5-3-4-6-14-26)25-17-20(27)24-16-18-8-10-19(28-2)11-9-18/h8-11H,3-7,12-17H2,1-2H3,(H,24,27)(H2,22,23,25). The second-order valence-electron chi connectivity index (χ2n) is 7.09. The Morgan fingerprint density at radius 3 is 2.43 bits per heavy atom. The van der Waals surface area contributed by atoms with Gasteiger partial charge in [0.15, 0.2) is 5.96 Å². The maximum absolute atomic E-state index is 12.0. The number of nitrogens with one attached hydrogen (secondary N) is 3. The summed E-state index contributed by atoms with van der Waals surface area (Å²) >= 11 is 0. The number of guanidine groups is 1. The van der Waals surface area contributed by atoms with Crippen molar-refractivity contribution in [1.82, 2.24) is 20.9 Å². The van der Waals surface area contributed by atoms with Gasteiger partial charge in [-0.3, -0.25) is 9.79 Å². The van der Waals surface area contributed by atoms with Gasteiger partial charge in [0.25, 0.3) is 0 Å². The third-order valence-electron chi connectivity index (χ3n) is 4.93. The van der Waals surface area contributed by atoms with Crippen molar-refractivity contribution in [3.8, 4) is 5.75 Å². The lowest BCUT2D eigenvalue weighted by atomic mass is 10.2. The summed E-state index contributed by atoms with van der Waals surface area (Å²) in [5.41, 5.74) is 1.03. The van der Waals surface area contributed by atoms with Crippen molar-refractivity contribution in [2.45, 2.75) is 38.6 Å². The second kappa shape index (κ2) is 13.0. The average Bonchev–Trinajstić information content (AvgIpc) is 3.01. The van der Waals surface area contributed by atoms with Crippen molar-refractivity contribution >= 4 is 11.9 Å². The molecular formula is C21H35N5O2. The summed E-state index contributed by atoms with van der Waals surface area (Å²) in [5, 5.41) is 9.25. The summed E-state index contributed by atoms with van der Waals surface area (Å²) < 4.78 is 5.13. The fourth-order valence-electron chi connectivity index (χ4n) is 3.26. The summed E-state index contributed by atoms with van der Waals surface area (Å²) in [6.07, 6.45) is 6.45. The molecule has 3 N–H and O–H groups in total. The minimum atomic E-state index is -0.0664. The zero-order valence-electron chi connectivity index (χ0n) is 17.3. The fourth-order valence-corrected chi connectivity index (χ4v) is 3.26. The number of methoxy groups -OCH3 is 1. The number of benzene rings is 1. The molecule has 0 spiro atoms. The Kier molecular flexibility index (Phi) is 10.2. The Balaban J connectivity index is 1.58. The number of ether oxygens (including phenoxy) is 1. The third-order valence-corrected chi connectivity index (χ3v) is 4.93. The van der Waals surface area contributed by atoms with Gasteiger partial charge in [0.1, 0.15) is 5.75 Å². The van der Waals surface area contributed by atoms with Crippen LogP contribution in [0.5, 0.6) is 5.75 Å². The van der Waals surface area contributed by atoms with Crippen LogP contribution in [0.1, 0.15) is 37.7 Å². The van der Waals surface area contributed by atoms with Crippen LogP contribution in [-0.2, 0) is 11.3 Å². The van der Waals surface area contributed by atoms with E-state index in [9.17, 15) is 4.79 Å². The molecule has 28 heavy (non-hydrogen) atoms. The molecule has 0 unspecified atom stereocenters. The molecule has 7 nitrogen and oxygen atoms in total. The normalized spacial score (nSPS) is 15.6. The van der Waals surface area contributed by atoms with E-state index in [-0.39, 0.29) is 12.5 Å². The van der Waals surface area contributed by atoms with Crippen LogP contribution in [0.3, 0.4) is 0 Å². The smallest absolute Gasteiger partial charge is 0.239 e.